The molecule has 0 radical (unpaired) electrons. The van der Waals surface area contributed by atoms with Gasteiger partial charge in [-0.25, -0.2) is 4.79 Å². The van der Waals surface area contributed by atoms with Crippen LogP contribution >= 0.6 is 0 Å². The Bertz CT molecular complexity index is 399. The molecule has 1 rings (SSSR count). The van der Waals surface area contributed by atoms with E-state index in [0.29, 0.717) is 13.1 Å². The molecule has 0 fully saturated rings. The third-order valence-electron chi connectivity index (χ3n) is 2.15. The summed E-state index contributed by atoms with van der Waals surface area (Å²) >= 11 is 0. The van der Waals surface area contributed by atoms with E-state index in [2.05, 4.69) is 15.6 Å². The number of anilines is 1. The second-order valence-corrected chi connectivity index (χ2v) is 5.05. The van der Waals surface area contributed by atoms with E-state index < -0.39 is 11.7 Å². The van der Waals surface area contributed by atoms with Gasteiger partial charge in [0.2, 0.25) is 0 Å². The molecule has 0 saturated carbocycles. The third-order valence-corrected chi connectivity index (χ3v) is 2.15. The Morgan fingerprint density at radius 3 is 2.72 bits per heavy atom. The Hall–Kier alpha value is -1.78. The maximum absolute atomic E-state index is 11.4. The first-order valence-corrected chi connectivity index (χ1v) is 6.00. The quantitative estimate of drug-likeness (QED) is 0.806. The Morgan fingerprint density at radius 2 is 2.11 bits per heavy atom. The van der Waals surface area contributed by atoms with Crippen molar-refractivity contribution in [1.29, 1.82) is 0 Å². The molecule has 0 aliphatic rings. The molecule has 1 aromatic heterocycles. The fraction of sp³-hybridized carbons (Fsp3) is 0.538. The maximum Gasteiger partial charge on any atom is 0.407 e. The molecule has 5 nitrogen and oxygen atoms in total. The standard InChI is InChI=1S/C13H21N3O2/c1-10-5-6-14-9-11(10)15-7-8-16-12(17)18-13(2,3)4/h5-6,9,15H,7-8H2,1-4H3,(H,16,17). The van der Waals surface area contributed by atoms with Crippen LogP contribution in [0.25, 0.3) is 0 Å². The highest BCUT2D eigenvalue weighted by atomic mass is 16.6. The normalized spacial score (nSPS) is 10.9. The molecule has 0 saturated heterocycles. The summed E-state index contributed by atoms with van der Waals surface area (Å²) in [6.45, 7) is 8.65. The van der Waals surface area contributed by atoms with Crippen LogP contribution in [0.15, 0.2) is 18.5 Å². The number of ether oxygens (including phenoxy) is 1. The smallest absolute Gasteiger partial charge is 0.407 e. The number of hydrogen-bond donors (Lipinski definition) is 2. The monoisotopic (exact) mass is 251 g/mol. The van der Waals surface area contributed by atoms with Crippen LogP contribution in [0.2, 0.25) is 0 Å². The second kappa shape index (κ2) is 6.23. The lowest BCUT2D eigenvalue weighted by Crippen LogP contribution is -2.35. The zero-order valence-corrected chi connectivity index (χ0v) is 11.4. The van der Waals surface area contributed by atoms with Gasteiger partial charge in [0.1, 0.15) is 5.60 Å². The van der Waals surface area contributed by atoms with Gasteiger partial charge in [-0.3, -0.25) is 4.98 Å². The summed E-state index contributed by atoms with van der Waals surface area (Å²) in [6.07, 6.45) is 3.12. The lowest BCUT2D eigenvalue weighted by Gasteiger charge is -2.19. The van der Waals surface area contributed by atoms with Crippen molar-refractivity contribution < 1.29 is 9.53 Å². The second-order valence-electron chi connectivity index (χ2n) is 5.05. The van der Waals surface area contributed by atoms with Crippen molar-refractivity contribution in [3.8, 4) is 0 Å². The molecule has 0 aliphatic heterocycles. The maximum atomic E-state index is 11.4. The van der Waals surface area contributed by atoms with Gasteiger partial charge in [-0.1, -0.05) is 0 Å². The summed E-state index contributed by atoms with van der Waals surface area (Å²) in [7, 11) is 0. The van der Waals surface area contributed by atoms with Crippen LogP contribution in [0, 0.1) is 6.92 Å². The minimum Gasteiger partial charge on any atom is -0.444 e. The average Bonchev–Trinajstić information content (AvgIpc) is 2.24. The van der Waals surface area contributed by atoms with Crippen molar-refractivity contribution in [2.45, 2.75) is 33.3 Å². The van der Waals surface area contributed by atoms with Gasteiger partial charge in [0.05, 0.1) is 11.9 Å². The zero-order chi connectivity index (χ0) is 13.6. The molecule has 0 aromatic carbocycles. The highest BCUT2D eigenvalue weighted by molar-refractivity contribution is 5.67. The van der Waals surface area contributed by atoms with Crippen LogP contribution in [-0.4, -0.2) is 29.8 Å². The Balaban J connectivity index is 2.23. The number of carbonyl (C=O) groups excluding carboxylic acids is 1. The molecule has 1 amide bonds. The van der Waals surface area contributed by atoms with Crippen molar-refractivity contribution in [3.05, 3.63) is 24.0 Å². The van der Waals surface area contributed by atoms with E-state index in [9.17, 15) is 4.79 Å². The first-order chi connectivity index (χ1) is 8.38. The minimum atomic E-state index is -0.461. The molecule has 0 unspecified atom stereocenters. The average molecular weight is 251 g/mol. The first-order valence-electron chi connectivity index (χ1n) is 6.00. The lowest BCUT2D eigenvalue weighted by atomic mass is 10.2. The summed E-state index contributed by atoms with van der Waals surface area (Å²) in [6, 6.07) is 1.93. The molecular formula is C13H21N3O2. The van der Waals surface area contributed by atoms with Gasteiger partial charge < -0.3 is 15.4 Å². The topological polar surface area (TPSA) is 63.2 Å². The summed E-state index contributed by atoms with van der Waals surface area (Å²) in [5.74, 6) is 0. The third kappa shape index (κ3) is 5.52. The van der Waals surface area contributed by atoms with Crippen LogP contribution in [0.1, 0.15) is 26.3 Å². The van der Waals surface area contributed by atoms with E-state index in [-0.39, 0.29) is 0 Å². The lowest BCUT2D eigenvalue weighted by molar-refractivity contribution is 0.0530. The van der Waals surface area contributed by atoms with E-state index in [1.165, 1.54) is 0 Å². The Labute approximate surface area is 108 Å². The number of rotatable bonds is 4. The van der Waals surface area contributed by atoms with Crippen molar-refractivity contribution in [2.75, 3.05) is 18.4 Å². The van der Waals surface area contributed by atoms with E-state index in [1.54, 1.807) is 12.4 Å². The van der Waals surface area contributed by atoms with Crippen LogP contribution in [0.5, 0.6) is 0 Å². The molecule has 0 bridgehead atoms. The molecule has 18 heavy (non-hydrogen) atoms. The first kappa shape index (κ1) is 14.3. The van der Waals surface area contributed by atoms with Crippen molar-refractivity contribution in [1.82, 2.24) is 10.3 Å². The highest BCUT2D eigenvalue weighted by Gasteiger charge is 2.15. The molecule has 5 heteroatoms. The van der Waals surface area contributed by atoms with Gasteiger partial charge in [-0.15, -0.1) is 0 Å². The predicted octanol–water partition coefficient (Wildman–Crippen LogP) is 2.33. The molecule has 2 N–H and O–H groups in total. The van der Waals surface area contributed by atoms with Gasteiger partial charge in [-0.05, 0) is 39.3 Å². The number of nitrogens with one attached hydrogen (secondary N) is 2. The van der Waals surface area contributed by atoms with Crippen LogP contribution in [0.3, 0.4) is 0 Å². The Morgan fingerprint density at radius 1 is 1.39 bits per heavy atom. The number of alkyl carbamates (subject to hydrolysis) is 1. The fourth-order valence-electron chi connectivity index (χ4n) is 1.32. The number of aryl methyl sites for hydroxylation is 1. The molecule has 1 heterocycles. The fourth-order valence-corrected chi connectivity index (χ4v) is 1.32. The number of pyridine rings is 1. The minimum absolute atomic E-state index is 0.396. The SMILES string of the molecule is Cc1ccncc1NCCNC(=O)OC(C)(C)C. The zero-order valence-electron chi connectivity index (χ0n) is 11.4. The molecule has 0 spiro atoms. The van der Waals surface area contributed by atoms with Crippen LogP contribution < -0.4 is 10.6 Å². The Kier molecular flexibility index (Phi) is 4.95. The van der Waals surface area contributed by atoms with E-state index in [0.717, 1.165) is 11.3 Å². The highest BCUT2D eigenvalue weighted by Crippen LogP contribution is 2.10. The molecule has 0 atom stereocenters. The number of amides is 1. The van der Waals surface area contributed by atoms with E-state index in [1.807, 2.05) is 33.8 Å². The largest absolute Gasteiger partial charge is 0.444 e. The molecule has 1 aromatic rings. The summed E-state index contributed by atoms with van der Waals surface area (Å²) < 4.78 is 5.12. The van der Waals surface area contributed by atoms with Crippen LogP contribution in [0.4, 0.5) is 10.5 Å². The van der Waals surface area contributed by atoms with Crippen molar-refractivity contribution >= 4 is 11.8 Å². The van der Waals surface area contributed by atoms with Gasteiger partial charge in [0, 0.05) is 19.3 Å². The van der Waals surface area contributed by atoms with Crippen molar-refractivity contribution in [3.63, 3.8) is 0 Å². The summed E-state index contributed by atoms with van der Waals surface area (Å²) in [5, 5.41) is 5.88. The number of aromatic nitrogens is 1. The number of nitrogens with zero attached hydrogens (tertiary/aromatic N) is 1. The van der Waals surface area contributed by atoms with Gasteiger partial charge >= 0.3 is 6.09 Å². The van der Waals surface area contributed by atoms with Gasteiger partial charge in [0.25, 0.3) is 0 Å². The van der Waals surface area contributed by atoms with E-state index in [4.69, 9.17) is 4.74 Å². The number of hydrogen-bond acceptors (Lipinski definition) is 4. The summed E-state index contributed by atoms with van der Waals surface area (Å²) in [4.78, 5) is 15.4. The predicted molar refractivity (Wildman–Crippen MR) is 71.7 cm³/mol. The van der Waals surface area contributed by atoms with E-state index >= 15 is 0 Å². The van der Waals surface area contributed by atoms with Crippen LogP contribution in [-0.2, 0) is 4.74 Å². The van der Waals surface area contributed by atoms with Gasteiger partial charge in [0.15, 0.2) is 0 Å². The summed E-state index contributed by atoms with van der Waals surface area (Å²) in [5.41, 5.74) is 1.64. The molecular weight excluding hydrogens is 230 g/mol. The molecule has 100 valence electrons. The van der Waals surface area contributed by atoms with Crippen molar-refractivity contribution in [2.24, 2.45) is 0 Å². The van der Waals surface area contributed by atoms with Gasteiger partial charge in [-0.2, -0.15) is 0 Å². The molecule has 0 aliphatic carbocycles. The number of carbonyl (C=O) groups is 1.